The van der Waals surface area contributed by atoms with E-state index in [4.69, 9.17) is 5.11 Å². The maximum atomic E-state index is 11.2. The van der Waals surface area contributed by atoms with Gasteiger partial charge in [0.1, 0.15) is 0 Å². The molecular weight excluding hydrogens is 286 g/mol. The number of fused-ring (bicyclic) bond motifs is 1. The van der Waals surface area contributed by atoms with E-state index in [9.17, 15) is 9.90 Å². The number of rotatable bonds is 4. The molecule has 2 aromatic rings. The first-order valence-corrected chi connectivity index (χ1v) is 7.74. The molecule has 1 aromatic carbocycles. The Morgan fingerprint density at radius 3 is 2.52 bits per heavy atom. The van der Waals surface area contributed by atoms with Gasteiger partial charge in [0.15, 0.2) is 0 Å². The fourth-order valence-corrected chi connectivity index (χ4v) is 3.49. The first-order chi connectivity index (χ1) is 9.79. The summed E-state index contributed by atoms with van der Waals surface area (Å²) in [6.07, 6.45) is -0.651. The molecule has 0 bridgehead atoms. The Morgan fingerprint density at radius 1 is 1.29 bits per heavy atom. The molecule has 1 amide bonds. The summed E-state index contributed by atoms with van der Waals surface area (Å²) >= 11 is 1.64. The van der Waals surface area contributed by atoms with Crippen molar-refractivity contribution in [3.8, 4) is 0 Å². The van der Waals surface area contributed by atoms with Crippen molar-refractivity contribution in [2.75, 3.05) is 6.61 Å². The highest BCUT2D eigenvalue weighted by atomic mass is 32.1. The molecule has 21 heavy (non-hydrogen) atoms. The SMILES string of the molecule is CC(C)(C)[C@](CO)(Cc1csc2ccccc12)NC(=O)O. The minimum atomic E-state index is -1.11. The lowest BCUT2D eigenvalue weighted by atomic mass is 9.70. The van der Waals surface area contributed by atoms with Gasteiger partial charge in [-0.15, -0.1) is 11.3 Å². The number of amides is 1. The summed E-state index contributed by atoms with van der Waals surface area (Å²) in [5.41, 5.74) is -0.264. The number of aliphatic hydroxyl groups is 1. The zero-order valence-electron chi connectivity index (χ0n) is 12.5. The largest absolute Gasteiger partial charge is 0.465 e. The summed E-state index contributed by atoms with van der Waals surface area (Å²) < 4.78 is 1.17. The van der Waals surface area contributed by atoms with E-state index in [0.717, 1.165) is 10.9 Å². The maximum absolute atomic E-state index is 11.2. The third kappa shape index (κ3) is 3.04. The zero-order valence-corrected chi connectivity index (χ0v) is 13.3. The van der Waals surface area contributed by atoms with Crippen molar-refractivity contribution < 1.29 is 15.0 Å². The van der Waals surface area contributed by atoms with Crippen LogP contribution in [-0.4, -0.2) is 28.5 Å². The van der Waals surface area contributed by atoms with Crippen molar-refractivity contribution >= 4 is 27.5 Å². The number of carboxylic acid groups (broad SMARTS) is 1. The van der Waals surface area contributed by atoms with Crippen molar-refractivity contribution in [2.24, 2.45) is 5.41 Å². The van der Waals surface area contributed by atoms with Crippen LogP contribution in [0.25, 0.3) is 10.1 Å². The fraction of sp³-hybridized carbons (Fsp3) is 0.438. The van der Waals surface area contributed by atoms with E-state index in [1.807, 2.05) is 50.4 Å². The van der Waals surface area contributed by atoms with Gasteiger partial charge in [-0.1, -0.05) is 39.0 Å². The molecule has 5 heteroatoms. The van der Waals surface area contributed by atoms with Gasteiger partial charge in [0.2, 0.25) is 0 Å². The molecule has 0 unspecified atom stereocenters. The standard InChI is InChI=1S/C16H21NO3S/c1-15(2,3)16(10-18,17-14(19)20)8-11-9-21-13-7-5-4-6-12(11)13/h4-7,9,17-18H,8,10H2,1-3H3,(H,19,20)/t16-/m1/s1. The second kappa shape index (κ2) is 5.66. The highest BCUT2D eigenvalue weighted by Crippen LogP contribution is 2.36. The second-order valence-corrected chi connectivity index (χ2v) is 7.27. The number of benzene rings is 1. The molecule has 0 spiro atoms. The topological polar surface area (TPSA) is 69.6 Å². The Kier molecular flexibility index (Phi) is 4.25. The summed E-state index contributed by atoms with van der Waals surface area (Å²) in [6, 6.07) is 8.04. The zero-order chi connectivity index (χ0) is 15.7. The van der Waals surface area contributed by atoms with Crippen molar-refractivity contribution in [3.05, 3.63) is 35.2 Å². The molecule has 0 aliphatic heterocycles. The molecule has 114 valence electrons. The molecule has 0 fully saturated rings. The normalized spacial score (nSPS) is 14.9. The van der Waals surface area contributed by atoms with Crippen LogP contribution in [0, 0.1) is 5.41 Å². The van der Waals surface area contributed by atoms with Gasteiger partial charge in [0.05, 0.1) is 12.1 Å². The summed E-state index contributed by atoms with van der Waals surface area (Å²) in [7, 11) is 0. The van der Waals surface area contributed by atoms with E-state index in [0.29, 0.717) is 6.42 Å². The molecule has 0 saturated heterocycles. The van der Waals surface area contributed by atoms with Gasteiger partial charge in [0, 0.05) is 4.70 Å². The number of carbonyl (C=O) groups is 1. The minimum Gasteiger partial charge on any atom is -0.465 e. The predicted molar refractivity (Wildman–Crippen MR) is 86.0 cm³/mol. The van der Waals surface area contributed by atoms with Crippen LogP contribution >= 0.6 is 11.3 Å². The van der Waals surface area contributed by atoms with E-state index in [1.165, 1.54) is 4.70 Å². The molecule has 0 aliphatic rings. The minimum absolute atomic E-state index is 0.243. The lowest BCUT2D eigenvalue weighted by molar-refractivity contribution is 0.0589. The number of nitrogens with one attached hydrogen (secondary N) is 1. The first kappa shape index (κ1) is 15.8. The van der Waals surface area contributed by atoms with Crippen LogP contribution < -0.4 is 5.32 Å². The summed E-state index contributed by atoms with van der Waals surface area (Å²) in [5, 5.41) is 24.8. The Labute approximate surface area is 128 Å². The fourth-order valence-electron chi connectivity index (χ4n) is 2.53. The van der Waals surface area contributed by atoms with Crippen molar-refractivity contribution in [3.63, 3.8) is 0 Å². The van der Waals surface area contributed by atoms with E-state index in [1.54, 1.807) is 11.3 Å². The molecule has 0 saturated carbocycles. The lowest BCUT2D eigenvalue weighted by Crippen LogP contribution is -2.60. The molecule has 4 nitrogen and oxygen atoms in total. The highest BCUT2D eigenvalue weighted by Gasteiger charge is 2.43. The maximum Gasteiger partial charge on any atom is 0.405 e. The van der Waals surface area contributed by atoms with Gasteiger partial charge in [-0.25, -0.2) is 4.79 Å². The summed E-state index contributed by atoms with van der Waals surface area (Å²) in [4.78, 5) is 11.2. The molecule has 0 aliphatic carbocycles. The monoisotopic (exact) mass is 307 g/mol. The Balaban J connectivity index is 2.45. The van der Waals surface area contributed by atoms with Crippen LogP contribution in [0.2, 0.25) is 0 Å². The van der Waals surface area contributed by atoms with E-state index in [-0.39, 0.29) is 6.61 Å². The molecule has 1 aromatic heterocycles. The van der Waals surface area contributed by atoms with Gasteiger partial charge in [-0.2, -0.15) is 0 Å². The van der Waals surface area contributed by atoms with Crippen LogP contribution in [0.15, 0.2) is 29.6 Å². The van der Waals surface area contributed by atoms with Crippen LogP contribution in [-0.2, 0) is 6.42 Å². The lowest BCUT2D eigenvalue weighted by Gasteiger charge is -2.43. The quantitative estimate of drug-likeness (QED) is 0.810. The van der Waals surface area contributed by atoms with Crippen LogP contribution in [0.4, 0.5) is 4.79 Å². The van der Waals surface area contributed by atoms with Gasteiger partial charge in [0.25, 0.3) is 0 Å². The molecule has 0 radical (unpaired) electrons. The van der Waals surface area contributed by atoms with Crippen molar-refractivity contribution in [1.82, 2.24) is 5.32 Å². The third-order valence-electron chi connectivity index (χ3n) is 4.11. The van der Waals surface area contributed by atoms with Crippen molar-refractivity contribution in [2.45, 2.75) is 32.7 Å². The van der Waals surface area contributed by atoms with Gasteiger partial charge in [-0.05, 0) is 34.2 Å². The number of thiophene rings is 1. The molecule has 2 rings (SSSR count). The number of hydrogen-bond donors (Lipinski definition) is 3. The van der Waals surface area contributed by atoms with Gasteiger partial charge < -0.3 is 15.5 Å². The van der Waals surface area contributed by atoms with Crippen LogP contribution in [0.1, 0.15) is 26.3 Å². The molecule has 1 atom stereocenters. The van der Waals surface area contributed by atoms with E-state index >= 15 is 0 Å². The first-order valence-electron chi connectivity index (χ1n) is 6.86. The highest BCUT2D eigenvalue weighted by molar-refractivity contribution is 7.17. The number of aliphatic hydroxyl groups excluding tert-OH is 1. The van der Waals surface area contributed by atoms with E-state index in [2.05, 4.69) is 5.32 Å². The Hall–Kier alpha value is -1.59. The Bertz CT molecular complexity index is 644. The second-order valence-electron chi connectivity index (χ2n) is 6.35. The van der Waals surface area contributed by atoms with Gasteiger partial charge >= 0.3 is 6.09 Å². The molecule has 1 heterocycles. The molecular formula is C16H21NO3S. The van der Waals surface area contributed by atoms with E-state index < -0.39 is 17.0 Å². The molecule has 3 N–H and O–H groups in total. The summed E-state index contributed by atoms with van der Waals surface area (Å²) in [6.45, 7) is 5.57. The average molecular weight is 307 g/mol. The van der Waals surface area contributed by atoms with Crippen LogP contribution in [0.3, 0.4) is 0 Å². The summed E-state index contributed by atoms with van der Waals surface area (Å²) in [5.74, 6) is 0. The van der Waals surface area contributed by atoms with Crippen LogP contribution in [0.5, 0.6) is 0 Å². The Morgan fingerprint density at radius 2 is 1.95 bits per heavy atom. The third-order valence-corrected chi connectivity index (χ3v) is 5.12. The average Bonchev–Trinajstić information content (AvgIpc) is 2.79. The van der Waals surface area contributed by atoms with Crippen molar-refractivity contribution in [1.29, 1.82) is 0 Å². The van der Waals surface area contributed by atoms with Gasteiger partial charge in [-0.3, -0.25) is 0 Å². The predicted octanol–water partition coefficient (Wildman–Crippen LogP) is 3.49. The number of hydrogen-bond acceptors (Lipinski definition) is 3. The smallest absolute Gasteiger partial charge is 0.405 e.